The molecular formula is C19H33N5O4. The molecular weight excluding hydrogens is 362 g/mol. The Morgan fingerprint density at radius 2 is 1.71 bits per heavy atom. The maximum absolute atomic E-state index is 12.5. The van der Waals surface area contributed by atoms with Crippen molar-refractivity contribution in [1.29, 1.82) is 0 Å². The van der Waals surface area contributed by atoms with Crippen LogP contribution in [-0.2, 0) is 0 Å². The lowest BCUT2D eigenvalue weighted by atomic mass is 9.72. The van der Waals surface area contributed by atoms with Crippen LogP contribution in [0.2, 0.25) is 0 Å². The van der Waals surface area contributed by atoms with Crippen LogP contribution in [0.15, 0.2) is 29.1 Å². The van der Waals surface area contributed by atoms with Gasteiger partial charge in [0.25, 0.3) is 0 Å². The molecule has 1 aromatic carbocycles. The third-order valence-electron chi connectivity index (χ3n) is 5.28. The first-order valence-corrected chi connectivity index (χ1v) is 9.36. The zero-order valence-corrected chi connectivity index (χ0v) is 16.6. The van der Waals surface area contributed by atoms with Gasteiger partial charge in [0.15, 0.2) is 0 Å². The largest absolute Gasteiger partial charge is 0.412 e. The molecule has 1 aromatic heterocycles. The predicted molar refractivity (Wildman–Crippen MR) is 111 cm³/mol. The van der Waals surface area contributed by atoms with Crippen LogP contribution < -0.4 is 16.7 Å². The summed E-state index contributed by atoms with van der Waals surface area (Å²) in [5.41, 5.74) is 6.27. The fourth-order valence-electron chi connectivity index (χ4n) is 3.76. The summed E-state index contributed by atoms with van der Waals surface area (Å²) in [5, 5.41) is 2.99. The number of aromatic nitrogens is 2. The van der Waals surface area contributed by atoms with E-state index in [0.29, 0.717) is 23.6 Å². The summed E-state index contributed by atoms with van der Waals surface area (Å²) >= 11 is 0. The molecule has 0 atom stereocenters. The van der Waals surface area contributed by atoms with Gasteiger partial charge in [-0.1, -0.05) is 26.0 Å². The van der Waals surface area contributed by atoms with E-state index < -0.39 is 0 Å². The van der Waals surface area contributed by atoms with E-state index in [1.54, 1.807) is 12.1 Å². The van der Waals surface area contributed by atoms with Gasteiger partial charge in [-0.15, -0.1) is 0 Å². The van der Waals surface area contributed by atoms with Crippen molar-refractivity contribution in [2.75, 3.05) is 26.2 Å². The molecule has 0 spiro atoms. The number of aromatic amines is 1. The standard InChI is InChI=1S/C16H20N4O2.C3H9N.2H2O/c21-14(17-11-16-5-8-19(9-6-16)10-7-16)20-13-4-2-1-3-12(13)18-15(20)22;1-3(2)4;;/h1-4H,5-11H2,(H,17,21)(H,18,22);3H,4H2,1-2H3;2*1H2. The van der Waals surface area contributed by atoms with Gasteiger partial charge in [-0.05, 0) is 62.5 Å². The zero-order valence-electron chi connectivity index (χ0n) is 16.6. The quantitative estimate of drug-likeness (QED) is 0.657. The summed E-state index contributed by atoms with van der Waals surface area (Å²) in [6.07, 6.45) is 3.40. The number of piperidine rings is 3. The molecule has 0 saturated carbocycles. The van der Waals surface area contributed by atoms with Crippen molar-refractivity contribution in [3.63, 3.8) is 0 Å². The average Bonchev–Trinajstić information content (AvgIpc) is 2.97. The van der Waals surface area contributed by atoms with Gasteiger partial charge < -0.3 is 31.9 Å². The molecule has 3 fully saturated rings. The second-order valence-corrected chi connectivity index (χ2v) is 7.78. The lowest BCUT2D eigenvalue weighted by Gasteiger charge is -2.48. The molecule has 158 valence electrons. The number of carbonyl (C=O) groups is 1. The van der Waals surface area contributed by atoms with Crippen molar-refractivity contribution in [2.45, 2.75) is 39.2 Å². The number of benzene rings is 1. The van der Waals surface area contributed by atoms with Crippen molar-refractivity contribution in [3.05, 3.63) is 34.7 Å². The summed E-state index contributed by atoms with van der Waals surface area (Å²) in [4.78, 5) is 29.7. The van der Waals surface area contributed by atoms with Gasteiger partial charge in [0, 0.05) is 6.54 Å². The minimum Gasteiger partial charge on any atom is -0.412 e. The summed E-state index contributed by atoms with van der Waals surface area (Å²) < 4.78 is 1.20. The Labute approximate surface area is 164 Å². The highest BCUT2D eigenvalue weighted by molar-refractivity contribution is 5.88. The van der Waals surface area contributed by atoms with Gasteiger partial charge in [-0.25, -0.2) is 14.2 Å². The Morgan fingerprint density at radius 1 is 1.18 bits per heavy atom. The lowest BCUT2D eigenvalue weighted by molar-refractivity contribution is 0.0285. The van der Waals surface area contributed by atoms with Crippen LogP contribution in [0.3, 0.4) is 0 Å². The van der Waals surface area contributed by atoms with E-state index in [9.17, 15) is 9.59 Å². The van der Waals surface area contributed by atoms with Gasteiger partial charge in [-0.2, -0.15) is 0 Å². The Kier molecular flexibility index (Phi) is 8.37. The molecule has 1 amide bonds. The number of H-pyrrole nitrogens is 1. The Hall–Kier alpha value is -2.20. The minimum atomic E-state index is -0.380. The number of imidazole rings is 1. The van der Waals surface area contributed by atoms with E-state index in [2.05, 4.69) is 15.2 Å². The molecule has 9 heteroatoms. The van der Waals surface area contributed by atoms with Gasteiger partial charge in [-0.3, -0.25) is 0 Å². The van der Waals surface area contributed by atoms with E-state index in [1.807, 2.05) is 26.0 Å². The van der Waals surface area contributed by atoms with E-state index in [-0.39, 0.29) is 28.1 Å². The summed E-state index contributed by atoms with van der Waals surface area (Å²) in [6, 6.07) is 7.26. The second kappa shape index (κ2) is 9.83. The fraction of sp³-hybridized carbons (Fsp3) is 0.579. The van der Waals surface area contributed by atoms with Gasteiger partial charge in [0.05, 0.1) is 11.0 Å². The molecule has 9 nitrogen and oxygen atoms in total. The fourth-order valence-corrected chi connectivity index (χ4v) is 3.76. The molecule has 2 aromatic rings. The molecule has 3 aliphatic heterocycles. The number of amides is 1. The number of nitrogens with two attached hydrogens (primary N) is 1. The third kappa shape index (κ3) is 5.20. The van der Waals surface area contributed by atoms with Gasteiger partial charge >= 0.3 is 11.7 Å². The first-order chi connectivity index (χ1) is 12.4. The molecule has 3 saturated heterocycles. The van der Waals surface area contributed by atoms with E-state index >= 15 is 0 Å². The van der Waals surface area contributed by atoms with Crippen LogP contribution in [0.5, 0.6) is 0 Å². The molecule has 28 heavy (non-hydrogen) atoms. The summed E-state index contributed by atoms with van der Waals surface area (Å²) in [5.74, 6) is 0. The molecule has 5 rings (SSSR count). The van der Waals surface area contributed by atoms with Crippen molar-refractivity contribution in [1.82, 2.24) is 19.8 Å². The van der Waals surface area contributed by atoms with Gasteiger partial charge in [0.1, 0.15) is 0 Å². The average molecular weight is 396 g/mol. The minimum absolute atomic E-state index is 0. The van der Waals surface area contributed by atoms with Crippen LogP contribution in [0, 0.1) is 5.41 Å². The number of para-hydroxylation sites is 2. The third-order valence-corrected chi connectivity index (χ3v) is 5.28. The molecule has 8 N–H and O–H groups in total. The number of nitrogens with one attached hydrogen (secondary N) is 2. The highest BCUT2D eigenvalue weighted by Gasteiger charge is 2.39. The van der Waals surface area contributed by atoms with Crippen LogP contribution in [0.1, 0.15) is 33.1 Å². The number of carbonyl (C=O) groups excluding carboxylic acids is 1. The molecule has 0 unspecified atom stereocenters. The number of hydrogen-bond donors (Lipinski definition) is 3. The Bertz CT molecular complexity index is 805. The SMILES string of the molecule is CC(C)N.O.O.O=C(NCC12CCN(CC1)CC2)n1c(=O)[nH]c2ccccc21. The highest BCUT2D eigenvalue weighted by Crippen LogP contribution is 2.39. The Morgan fingerprint density at radius 3 is 2.29 bits per heavy atom. The maximum Gasteiger partial charge on any atom is 0.334 e. The number of hydrogen-bond acceptors (Lipinski definition) is 4. The second-order valence-electron chi connectivity index (χ2n) is 7.78. The highest BCUT2D eigenvalue weighted by atomic mass is 16.2. The molecule has 0 radical (unpaired) electrons. The molecule has 3 aliphatic rings. The van der Waals surface area contributed by atoms with Crippen molar-refractivity contribution in [3.8, 4) is 0 Å². The van der Waals surface area contributed by atoms with Gasteiger partial charge in [0.2, 0.25) is 0 Å². The first-order valence-electron chi connectivity index (χ1n) is 9.36. The molecule has 2 bridgehead atoms. The lowest BCUT2D eigenvalue weighted by Crippen LogP contribution is -2.53. The van der Waals surface area contributed by atoms with E-state index in [4.69, 9.17) is 5.73 Å². The van der Waals surface area contributed by atoms with E-state index in [1.165, 1.54) is 4.57 Å². The predicted octanol–water partition coefficient (Wildman–Crippen LogP) is 0.0773. The maximum atomic E-state index is 12.5. The molecule has 0 aliphatic carbocycles. The zero-order chi connectivity index (χ0) is 18.7. The molecule has 4 heterocycles. The topological polar surface area (TPSA) is 159 Å². The van der Waals surface area contributed by atoms with Crippen LogP contribution in [0.25, 0.3) is 11.0 Å². The van der Waals surface area contributed by atoms with Crippen molar-refractivity contribution in [2.24, 2.45) is 11.1 Å². The van der Waals surface area contributed by atoms with E-state index in [0.717, 1.165) is 38.9 Å². The normalized spacial score (nSPS) is 22.6. The number of rotatable bonds is 2. The van der Waals surface area contributed by atoms with Crippen LogP contribution in [0.4, 0.5) is 4.79 Å². The van der Waals surface area contributed by atoms with Crippen molar-refractivity contribution >= 4 is 17.1 Å². The monoisotopic (exact) mass is 395 g/mol. The Balaban J connectivity index is 0.000000601. The number of fused-ring (bicyclic) bond motifs is 4. The van der Waals surface area contributed by atoms with Crippen molar-refractivity contribution < 1.29 is 15.7 Å². The van der Waals surface area contributed by atoms with Crippen LogP contribution in [-0.4, -0.2) is 63.7 Å². The summed E-state index contributed by atoms with van der Waals surface area (Å²) in [6.45, 7) is 7.93. The summed E-state index contributed by atoms with van der Waals surface area (Å²) in [7, 11) is 0. The smallest absolute Gasteiger partial charge is 0.334 e. The number of nitrogens with zero attached hydrogens (tertiary/aromatic N) is 2. The van der Waals surface area contributed by atoms with Crippen LogP contribution >= 0.6 is 0 Å². The first kappa shape index (κ1) is 23.8.